The fraction of sp³-hybridized carbons (Fsp3) is 0.350. The minimum Gasteiger partial charge on any atom is -0.490 e. The lowest BCUT2D eigenvalue weighted by Crippen LogP contribution is -2.18. The largest absolute Gasteiger partial charge is 0.490 e. The van der Waals surface area contributed by atoms with Crippen molar-refractivity contribution in [3.05, 3.63) is 65.2 Å². The van der Waals surface area contributed by atoms with Gasteiger partial charge in [0, 0.05) is 18.6 Å². The van der Waals surface area contributed by atoms with Crippen molar-refractivity contribution in [3.8, 4) is 5.75 Å². The number of rotatable bonds is 8. The number of benzene rings is 2. The first-order valence-corrected chi connectivity index (χ1v) is 8.19. The van der Waals surface area contributed by atoms with Crippen molar-refractivity contribution in [2.24, 2.45) is 0 Å². The van der Waals surface area contributed by atoms with Gasteiger partial charge in [-0.2, -0.15) is 0 Å². The molecule has 0 heterocycles. The van der Waals surface area contributed by atoms with Crippen molar-refractivity contribution in [1.82, 2.24) is 0 Å². The summed E-state index contributed by atoms with van der Waals surface area (Å²) in [6.07, 6.45) is 2.12. The van der Waals surface area contributed by atoms with Crippen LogP contribution in [0.15, 0.2) is 48.5 Å². The van der Waals surface area contributed by atoms with E-state index in [9.17, 15) is 4.79 Å². The van der Waals surface area contributed by atoms with Crippen LogP contribution >= 0.6 is 0 Å². The van der Waals surface area contributed by atoms with E-state index in [-0.39, 0.29) is 18.5 Å². The van der Waals surface area contributed by atoms with Gasteiger partial charge in [0.15, 0.2) is 5.78 Å². The molecule has 0 radical (unpaired) electrons. The molecule has 0 saturated carbocycles. The minimum atomic E-state index is -0.0881. The molecule has 0 fully saturated rings. The van der Waals surface area contributed by atoms with Gasteiger partial charge in [-0.15, -0.1) is 0 Å². The van der Waals surface area contributed by atoms with Crippen LogP contribution in [0.5, 0.6) is 5.75 Å². The average Bonchev–Trinajstić information content (AvgIpc) is 2.61. The van der Waals surface area contributed by atoms with Gasteiger partial charge in [0.1, 0.15) is 11.9 Å². The molecule has 0 aliphatic rings. The summed E-state index contributed by atoms with van der Waals surface area (Å²) in [5.74, 6) is 0.561. The number of carbonyl (C=O) groups is 1. The molecule has 3 heteroatoms. The van der Waals surface area contributed by atoms with E-state index in [1.54, 1.807) is 0 Å². The number of aliphatic hydroxyl groups excluding tert-OH is 1. The molecule has 0 spiro atoms. The van der Waals surface area contributed by atoms with Gasteiger partial charge in [-0.1, -0.05) is 50.2 Å². The van der Waals surface area contributed by atoms with E-state index in [2.05, 4.69) is 6.92 Å². The molecule has 23 heavy (non-hydrogen) atoms. The molecule has 1 unspecified atom stereocenters. The van der Waals surface area contributed by atoms with Crippen LogP contribution in [0.3, 0.4) is 0 Å². The highest BCUT2D eigenvalue weighted by molar-refractivity contribution is 6.10. The SMILES string of the molecule is CCc1ccc(OC(CC)CCO)c(C(=O)c2ccccc2)c1. The molecule has 122 valence electrons. The Labute approximate surface area is 137 Å². The zero-order valence-electron chi connectivity index (χ0n) is 13.8. The lowest BCUT2D eigenvalue weighted by Gasteiger charge is -2.19. The Morgan fingerprint density at radius 1 is 1.13 bits per heavy atom. The van der Waals surface area contributed by atoms with Crippen molar-refractivity contribution >= 4 is 5.78 Å². The topological polar surface area (TPSA) is 46.5 Å². The fourth-order valence-electron chi connectivity index (χ4n) is 2.49. The Morgan fingerprint density at radius 2 is 1.87 bits per heavy atom. The van der Waals surface area contributed by atoms with Crippen molar-refractivity contribution in [2.45, 2.75) is 39.2 Å². The van der Waals surface area contributed by atoms with E-state index in [4.69, 9.17) is 9.84 Å². The smallest absolute Gasteiger partial charge is 0.196 e. The Hall–Kier alpha value is -2.13. The second-order valence-electron chi connectivity index (χ2n) is 5.54. The number of aryl methyl sites for hydroxylation is 1. The minimum absolute atomic E-state index is 0.0326. The summed E-state index contributed by atoms with van der Waals surface area (Å²) in [5.41, 5.74) is 2.35. The van der Waals surface area contributed by atoms with Gasteiger partial charge in [-0.3, -0.25) is 4.79 Å². The Balaban J connectivity index is 2.37. The van der Waals surface area contributed by atoms with E-state index in [0.717, 1.165) is 18.4 Å². The highest BCUT2D eigenvalue weighted by atomic mass is 16.5. The molecule has 1 N–H and O–H groups in total. The molecule has 0 aromatic heterocycles. The Kier molecular flexibility index (Phi) is 6.36. The Morgan fingerprint density at radius 3 is 2.48 bits per heavy atom. The molecule has 3 nitrogen and oxygen atoms in total. The van der Waals surface area contributed by atoms with Crippen LogP contribution in [0.1, 0.15) is 48.2 Å². The van der Waals surface area contributed by atoms with Crippen LogP contribution in [0.25, 0.3) is 0 Å². The van der Waals surface area contributed by atoms with Gasteiger partial charge < -0.3 is 9.84 Å². The van der Waals surface area contributed by atoms with Crippen molar-refractivity contribution in [3.63, 3.8) is 0 Å². The summed E-state index contributed by atoms with van der Waals surface area (Å²) < 4.78 is 6.00. The maximum absolute atomic E-state index is 12.8. The van der Waals surface area contributed by atoms with Crippen LogP contribution in [0.2, 0.25) is 0 Å². The fourth-order valence-corrected chi connectivity index (χ4v) is 2.49. The monoisotopic (exact) mass is 312 g/mol. The molecule has 0 aliphatic heterocycles. The molecule has 0 bridgehead atoms. The Bertz CT molecular complexity index is 635. The molecule has 2 aromatic rings. The van der Waals surface area contributed by atoms with Gasteiger partial charge in [0.25, 0.3) is 0 Å². The van der Waals surface area contributed by atoms with Crippen molar-refractivity contribution in [2.75, 3.05) is 6.61 Å². The molecule has 2 aromatic carbocycles. The van der Waals surface area contributed by atoms with E-state index < -0.39 is 0 Å². The van der Waals surface area contributed by atoms with Crippen LogP contribution < -0.4 is 4.74 Å². The number of hydrogen-bond acceptors (Lipinski definition) is 3. The summed E-state index contributed by atoms with van der Waals surface area (Å²) in [7, 11) is 0. The van der Waals surface area contributed by atoms with Gasteiger partial charge in [-0.25, -0.2) is 0 Å². The van der Waals surface area contributed by atoms with Gasteiger partial charge in [0.2, 0.25) is 0 Å². The van der Waals surface area contributed by atoms with Crippen molar-refractivity contribution in [1.29, 1.82) is 0 Å². The zero-order chi connectivity index (χ0) is 16.7. The summed E-state index contributed by atoms with van der Waals surface area (Å²) in [5, 5.41) is 9.14. The van der Waals surface area contributed by atoms with Gasteiger partial charge in [0.05, 0.1) is 5.56 Å². The summed E-state index contributed by atoms with van der Waals surface area (Å²) in [6, 6.07) is 15.0. The maximum Gasteiger partial charge on any atom is 0.196 e. The first-order chi connectivity index (χ1) is 11.2. The normalized spacial score (nSPS) is 12.0. The zero-order valence-corrected chi connectivity index (χ0v) is 13.8. The molecular formula is C20H24O3. The second kappa shape index (κ2) is 8.49. The van der Waals surface area contributed by atoms with Crippen LogP contribution in [0, 0.1) is 0 Å². The highest BCUT2D eigenvalue weighted by Crippen LogP contribution is 2.26. The molecule has 2 rings (SSSR count). The summed E-state index contributed by atoms with van der Waals surface area (Å²) >= 11 is 0. The number of aliphatic hydroxyl groups is 1. The number of hydrogen-bond donors (Lipinski definition) is 1. The van der Waals surface area contributed by atoms with E-state index in [0.29, 0.717) is 23.3 Å². The predicted molar refractivity (Wildman–Crippen MR) is 92.1 cm³/mol. The quantitative estimate of drug-likeness (QED) is 0.749. The van der Waals surface area contributed by atoms with Gasteiger partial charge in [-0.05, 0) is 30.5 Å². The lowest BCUT2D eigenvalue weighted by molar-refractivity contribution is 0.102. The molecule has 0 amide bonds. The molecule has 0 saturated heterocycles. The van der Waals surface area contributed by atoms with Crippen molar-refractivity contribution < 1.29 is 14.6 Å². The second-order valence-corrected chi connectivity index (χ2v) is 5.54. The third kappa shape index (κ3) is 4.42. The maximum atomic E-state index is 12.8. The van der Waals surface area contributed by atoms with Crippen LogP contribution in [-0.4, -0.2) is 23.6 Å². The first kappa shape index (κ1) is 17.2. The van der Waals surface area contributed by atoms with Gasteiger partial charge >= 0.3 is 0 Å². The third-order valence-electron chi connectivity index (χ3n) is 3.93. The number of carbonyl (C=O) groups excluding carboxylic acids is 1. The molecular weight excluding hydrogens is 288 g/mol. The first-order valence-electron chi connectivity index (χ1n) is 8.19. The van der Waals surface area contributed by atoms with E-state index in [1.807, 2.05) is 55.5 Å². The van der Waals surface area contributed by atoms with Crippen LogP contribution in [-0.2, 0) is 6.42 Å². The highest BCUT2D eigenvalue weighted by Gasteiger charge is 2.18. The number of ether oxygens (including phenoxy) is 1. The standard InChI is InChI=1S/C20H24O3/c1-3-15-10-11-19(23-17(4-2)12-13-21)18(14-15)20(22)16-8-6-5-7-9-16/h5-11,14,17,21H,3-4,12-13H2,1-2H3. The molecule has 0 aliphatic carbocycles. The summed E-state index contributed by atoms with van der Waals surface area (Å²) in [4.78, 5) is 12.8. The summed E-state index contributed by atoms with van der Waals surface area (Å²) in [6.45, 7) is 4.15. The van der Waals surface area contributed by atoms with Crippen LogP contribution in [0.4, 0.5) is 0 Å². The van der Waals surface area contributed by atoms with E-state index in [1.165, 1.54) is 0 Å². The number of ketones is 1. The average molecular weight is 312 g/mol. The molecule has 1 atom stereocenters. The lowest BCUT2D eigenvalue weighted by atomic mass is 9.99. The third-order valence-corrected chi connectivity index (χ3v) is 3.93. The predicted octanol–water partition coefficient (Wildman–Crippen LogP) is 4.02. The van der Waals surface area contributed by atoms with E-state index >= 15 is 0 Å².